The van der Waals surface area contributed by atoms with Crippen molar-refractivity contribution in [3.63, 3.8) is 0 Å². The molecule has 0 bridgehead atoms. The number of fused-ring (bicyclic) bond motifs is 1. The van der Waals surface area contributed by atoms with Gasteiger partial charge in [-0.15, -0.1) is 0 Å². The molecule has 0 aliphatic rings. The number of carbonyl (C=O) groups is 1. The first kappa shape index (κ1) is 21.3. The maximum Gasteiger partial charge on any atom is 0.244 e. The maximum absolute atomic E-state index is 13.4. The van der Waals surface area contributed by atoms with Crippen LogP contribution in [0.15, 0.2) is 54.6 Å². The van der Waals surface area contributed by atoms with Crippen LogP contribution in [-0.4, -0.2) is 44.0 Å². The summed E-state index contributed by atoms with van der Waals surface area (Å²) in [5, 5.41) is 11.4. The molecular weight excluding hydrogens is 381 g/mol. The molecule has 0 saturated heterocycles. The first-order valence-corrected chi connectivity index (χ1v) is 9.53. The lowest BCUT2D eigenvalue weighted by Crippen LogP contribution is -2.38. The summed E-state index contributed by atoms with van der Waals surface area (Å²) in [5.41, 5.74) is 1.91. The van der Waals surface area contributed by atoms with Crippen molar-refractivity contribution in [2.45, 2.75) is 12.6 Å². The van der Waals surface area contributed by atoms with Crippen LogP contribution in [0, 0.1) is 17.1 Å². The zero-order valence-electron chi connectivity index (χ0n) is 17.5. The highest BCUT2D eigenvalue weighted by atomic mass is 19.1. The van der Waals surface area contributed by atoms with Crippen LogP contribution in [-0.2, 0) is 11.3 Å². The standard InChI is InChI=1S/C24H24FN3O2/c1-27(2)22(16-9-11-19(25)12-10-16)24(29)28(3)15-21-20-8-6-5-7-17(20)13-18(14-26)23(21)30-4/h5-13,22H,15H2,1-4H3. The smallest absolute Gasteiger partial charge is 0.244 e. The van der Waals surface area contributed by atoms with E-state index in [1.807, 2.05) is 38.4 Å². The van der Waals surface area contributed by atoms with E-state index in [1.165, 1.54) is 19.2 Å². The quantitative estimate of drug-likeness (QED) is 0.619. The summed E-state index contributed by atoms with van der Waals surface area (Å²) >= 11 is 0. The summed E-state index contributed by atoms with van der Waals surface area (Å²) in [6.07, 6.45) is 0. The van der Waals surface area contributed by atoms with E-state index in [-0.39, 0.29) is 18.3 Å². The van der Waals surface area contributed by atoms with Crippen LogP contribution in [0.4, 0.5) is 4.39 Å². The van der Waals surface area contributed by atoms with E-state index in [0.29, 0.717) is 16.9 Å². The molecule has 5 nitrogen and oxygen atoms in total. The van der Waals surface area contributed by atoms with Crippen molar-refractivity contribution in [3.05, 3.63) is 77.1 Å². The van der Waals surface area contributed by atoms with Crippen molar-refractivity contribution in [2.24, 2.45) is 0 Å². The molecule has 0 saturated carbocycles. The number of carbonyl (C=O) groups excluding carboxylic acids is 1. The van der Waals surface area contributed by atoms with Gasteiger partial charge >= 0.3 is 0 Å². The average molecular weight is 405 g/mol. The SMILES string of the molecule is COc1c(C#N)cc2ccccc2c1CN(C)C(=O)C(c1ccc(F)cc1)N(C)C. The van der Waals surface area contributed by atoms with Crippen LogP contribution >= 0.6 is 0 Å². The van der Waals surface area contributed by atoms with Crippen LogP contribution < -0.4 is 4.74 Å². The first-order chi connectivity index (χ1) is 14.4. The molecule has 6 heteroatoms. The Morgan fingerprint density at radius 2 is 1.80 bits per heavy atom. The number of halogens is 1. The second-order valence-corrected chi connectivity index (χ2v) is 7.38. The number of likely N-dealkylation sites (N-methyl/N-ethyl adjacent to an activating group) is 2. The van der Waals surface area contributed by atoms with Crippen LogP contribution in [0.25, 0.3) is 10.8 Å². The second kappa shape index (κ2) is 8.93. The van der Waals surface area contributed by atoms with Gasteiger partial charge in [0, 0.05) is 19.2 Å². The largest absolute Gasteiger partial charge is 0.495 e. The molecule has 3 aromatic carbocycles. The van der Waals surface area contributed by atoms with Crippen molar-refractivity contribution in [1.29, 1.82) is 5.26 Å². The Kier molecular flexibility index (Phi) is 6.34. The molecule has 0 aliphatic heterocycles. The molecule has 0 aromatic heterocycles. The number of nitrogens with zero attached hydrogens (tertiary/aromatic N) is 3. The fourth-order valence-corrected chi connectivity index (χ4v) is 3.71. The van der Waals surface area contributed by atoms with Gasteiger partial charge in [-0.05, 0) is 48.6 Å². The Balaban J connectivity index is 2.01. The van der Waals surface area contributed by atoms with E-state index >= 15 is 0 Å². The molecule has 0 fully saturated rings. The minimum absolute atomic E-state index is 0.139. The molecule has 0 radical (unpaired) electrons. The fourth-order valence-electron chi connectivity index (χ4n) is 3.71. The summed E-state index contributed by atoms with van der Waals surface area (Å²) in [7, 11) is 6.87. The van der Waals surface area contributed by atoms with Crippen LogP contribution in [0.3, 0.4) is 0 Å². The Hall–Kier alpha value is -3.43. The lowest BCUT2D eigenvalue weighted by Gasteiger charge is -2.29. The summed E-state index contributed by atoms with van der Waals surface area (Å²) in [6.45, 7) is 0.267. The average Bonchev–Trinajstić information content (AvgIpc) is 2.74. The van der Waals surface area contributed by atoms with Gasteiger partial charge in [-0.25, -0.2) is 4.39 Å². The van der Waals surface area contributed by atoms with E-state index in [1.54, 1.807) is 35.0 Å². The number of methoxy groups -OCH3 is 1. The third-order valence-electron chi connectivity index (χ3n) is 5.14. The molecule has 1 unspecified atom stereocenters. The number of benzene rings is 3. The van der Waals surface area contributed by atoms with Crippen molar-refractivity contribution in [3.8, 4) is 11.8 Å². The minimum atomic E-state index is -0.563. The zero-order valence-corrected chi connectivity index (χ0v) is 17.5. The number of rotatable bonds is 6. The Morgan fingerprint density at radius 1 is 1.13 bits per heavy atom. The van der Waals surface area contributed by atoms with Gasteiger partial charge in [-0.1, -0.05) is 36.4 Å². The number of nitriles is 1. The highest BCUT2D eigenvalue weighted by Crippen LogP contribution is 2.33. The monoisotopic (exact) mass is 405 g/mol. The van der Waals surface area contributed by atoms with E-state index in [0.717, 1.165) is 16.3 Å². The predicted molar refractivity (Wildman–Crippen MR) is 115 cm³/mol. The normalized spacial score (nSPS) is 11.9. The molecule has 154 valence electrons. The molecule has 3 rings (SSSR count). The molecular formula is C24H24FN3O2. The van der Waals surface area contributed by atoms with Gasteiger partial charge in [0.15, 0.2) is 0 Å². The summed E-state index contributed by atoms with van der Waals surface area (Å²) < 4.78 is 18.9. The lowest BCUT2D eigenvalue weighted by molar-refractivity contribution is -0.135. The van der Waals surface area contributed by atoms with Gasteiger partial charge in [0.1, 0.15) is 23.7 Å². The molecule has 30 heavy (non-hydrogen) atoms. The van der Waals surface area contributed by atoms with E-state index < -0.39 is 6.04 Å². The molecule has 1 atom stereocenters. The van der Waals surface area contributed by atoms with Crippen molar-refractivity contribution in [1.82, 2.24) is 9.80 Å². The van der Waals surface area contributed by atoms with Gasteiger partial charge in [-0.2, -0.15) is 5.26 Å². The van der Waals surface area contributed by atoms with Crippen LogP contribution in [0.1, 0.15) is 22.7 Å². The third kappa shape index (κ3) is 4.12. The van der Waals surface area contributed by atoms with Crippen LogP contribution in [0.2, 0.25) is 0 Å². The zero-order chi connectivity index (χ0) is 21.8. The van der Waals surface area contributed by atoms with Gasteiger partial charge in [0.05, 0.1) is 12.7 Å². The highest BCUT2D eigenvalue weighted by Gasteiger charge is 2.27. The first-order valence-electron chi connectivity index (χ1n) is 9.53. The summed E-state index contributed by atoms with van der Waals surface area (Å²) in [4.78, 5) is 16.8. The van der Waals surface area contributed by atoms with Crippen molar-refractivity contribution < 1.29 is 13.9 Å². The van der Waals surface area contributed by atoms with E-state index in [4.69, 9.17) is 4.74 Å². The lowest BCUT2D eigenvalue weighted by atomic mass is 9.98. The number of hydrogen-bond acceptors (Lipinski definition) is 4. The fraction of sp³-hybridized carbons (Fsp3) is 0.250. The Labute approximate surface area is 175 Å². The number of amides is 1. The number of ether oxygens (including phenoxy) is 1. The molecule has 0 heterocycles. The van der Waals surface area contributed by atoms with Crippen molar-refractivity contribution in [2.75, 3.05) is 28.3 Å². The number of hydrogen-bond donors (Lipinski definition) is 0. The minimum Gasteiger partial charge on any atom is -0.495 e. The van der Waals surface area contributed by atoms with Crippen LogP contribution in [0.5, 0.6) is 5.75 Å². The summed E-state index contributed by atoms with van der Waals surface area (Å²) in [5.74, 6) is -0.0132. The third-order valence-corrected chi connectivity index (χ3v) is 5.14. The molecule has 0 aliphatic carbocycles. The topological polar surface area (TPSA) is 56.6 Å². The molecule has 0 spiro atoms. The molecule has 3 aromatic rings. The van der Waals surface area contributed by atoms with Gasteiger partial charge in [0.2, 0.25) is 5.91 Å². The highest BCUT2D eigenvalue weighted by molar-refractivity contribution is 5.90. The van der Waals surface area contributed by atoms with E-state index in [9.17, 15) is 14.4 Å². The van der Waals surface area contributed by atoms with E-state index in [2.05, 4.69) is 6.07 Å². The van der Waals surface area contributed by atoms with Gasteiger partial charge in [-0.3, -0.25) is 9.69 Å². The Morgan fingerprint density at radius 3 is 2.40 bits per heavy atom. The van der Waals surface area contributed by atoms with Crippen molar-refractivity contribution >= 4 is 16.7 Å². The summed E-state index contributed by atoms with van der Waals surface area (Å²) in [6, 6.07) is 17.1. The molecule has 0 N–H and O–H groups in total. The van der Waals surface area contributed by atoms with Gasteiger partial charge in [0.25, 0.3) is 0 Å². The predicted octanol–water partition coefficient (Wildman–Crippen LogP) is 4.12. The molecule has 1 amide bonds. The Bertz CT molecular complexity index is 1100. The maximum atomic E-state index is 13.4. The second-order valence-electron chi connectivity index (χ2n) is 7.38. The van der Waals surface area contributed by atoms with Gasteiger partial charge < -0.3 is 9.64 Å².